The highest BCUT2D eigenvalue weighted by atomic mass is 32.2. The predicted molar refractivity (Wildman–Crippen MR) is 90.4 cm³/mol. The zero-order valence-electron chi connectivity index (χ0n) is 13.2. The van der Waals surface area contributed by atoms with Gasteiger partial charge in [-0.2, -0.15) is 4.39 Å². The summed E-state index contributed by atoms with van der Waals surface area (Å²) in [5, 5.41) is 9.51. The average molecular weight is 347 g/mol. The van der Waals surface area contributed by atoms with Crippen LogP contribution in [0.2, 0.25) is 0 Å². The van der Waals surface area contributed by atoms with Gasteiger partial charge in [-0.1, -0.05) is 12.1 Å². The first-order valence-electron chi connectivity index (χ1n) is 7.64. The Morgan fingerprint density at radius 2 is 1.67 bits per heavy atom. The summed E-state index contributed by atoms with van der Waals surface area (Å²) in [6, 6.07) is 9.74. The molecule has 0 spiro atoms. The molecule has 0 saturated carbocycles. The fourth-order valence-electron chi connectivity index (χ4n) is 3.07. The van der Waals surface area contributed by atoms with Crippen LogP contribution in [-0.2, 0) is 9.84 Å². The number of aliphatic hydroxyl groups is 1. The summed E-state index contributed by atoms with van der Waals surface area (Å²) >= 11 is 0. The number of halogens is 1. The van der Waals surface area contributed by atoms with Crippen LogP contribution in [0.1, 0.15) is 24.0 Å². The van der Waals surface area contributed by atoms with E-state index in [1.54, 1.807) is 30.3 Å². The standard InChI is InChI=1S/C18H18FNO3S/c1-24(22,23)15-5-2-13(3-6-15)16-8-12(11-21)9-17(16)14-4-7-18(19)20-10-14/h2-7,10,12,21H,8-9,11H2,1H3. The van der Waals surface area contributed by atoms with Gasteiger partial charge in [-0.3, -0.25) is 0 Å². The quantitative estimate of drug-likeness (QED) is 0.864. The molecule has 0 amide bonds. The van der Waals surface area contributed by atoms with E-state index >= 15 is 0 Å². The summed E-state index contributed by atoms with van der Waals surface area (Å²) in [5.74, 6) is -0.426. The van der Waals surface area contributed by atoms with Crippen LogP contribution in [0.4, 0.5) is 4.39 Å². The van der Waals surface area contributed by atoms with Crippen LogP contribution < -0.4 is 0 Å². The summed E-state index contributed by atoms with van der Waals surface area (Å²) in [5.41, 5.74) is 3.81. The molecule has 3 rings (SSSR count). The van der Waals surface area contributed by atoms with Crippen molar-refractivity contribution in [3.8, 4) is 0 Å². The number of pyridine rings is 1. The lowest BCUT2D eigenvalue weighted by molar-refractivity contribution is 0.235. The Morgan fingerprint density at radius 3 is 2.17 bits per heavy atom. The van der Waals surface area contributed by atoms with Crippen LogP contribution in [0, 0.1) is 11.9 Å². The fraction of sp³-hybridized carbons (Fsp3) is 0.278. The largest absolute Gasteiger partial charge is 0.396 e. The number of rotatable bonds is 4. The molecular formula is C18H18FNO3S. The molecule has 1 unspecified atom stereocenters. The minimum Gasteiger partial charge on any atom is -0.396 e. The van der Waals surface area contributed by atoms with Gasteiger partial charge >= 0.3 is 0 Å². The van der Waals surface area contributed by atoms with Crippen LogP contribution >= 0.6 is 0 Å². The van der Waals surface area contributed by atoms with Crippen molar-refractivity contribution < 1.29 is 17.9 Å². The first-order chi connectivity index (χ1) is 11.4. The van der Waals surface area contributed by atoms with E-state index < -0.39 is 15.8 Å². The van der Waals surface area contributed by atoms with Gasteiger partial charge in [0.2, 0.25) is 5.95 Å². The second-order valence-corrected chi connectivity index (χ2v) is 8.10. The van der Waals surface area contributed by atoms with Crippen LogP contribution in [0.3, 0.4) is 0 Å². The molecule has 0 bridgehead atoms. The fourth-order valence-corrected chi connectivity index (χ4v) is 3.70. The number of allylic oxidation sites excluding steroid dienone is 2. The van der Waals surface area contributed by atoms with Gasteiger partial charge in [-0.05, 0) is 65.3 Å². The van der Waals surface area contributed by atoms with Crippen LogP contribution in [0.25, 0.3) is 11.1 Å². The smallest absolute Gasteiger partial charge is 0.212 e. The minimum atomic E-state index is -3.24. The third kappa shape index (κ3) is 3.39. The van der Waals surface area contributed by atoms with Crippen molar-refractivity contribution in [3.05, 3.63) is 59.7 Å². The zero-order valence-corrected chi connectivity index (χ0v) is 14.1. The van der Waals surface area contributed by atoms with E-state index in [9.17, 15) is 17.9 Å². The molecule has 24 heavy (non-hydrogen) atoms. The number of nitrogens with zero attached hydrogens (tertiary/aromatic N) is 1. The molecule has 6 heteroatoms. The summed E-state index contributed by atoms with van der Waals surface area (Å²) in [6.07, 6.45) is 4.05. The number of aliphatic hydroxyl groups excluding tert-OH is 1. The van der Waals surface area contributed by atoms with Crippen LogP contribution in [-0.4, -0.2) is 31.4 Å². The zero-order chi connectivity index (χ0) is 17.3. The van der Waals surface area contributed by atoms with E-state index in [1.807, 2.05) is 0 Å². The Morgan fingerprint density at radius 1 is 1.08 bits per heavy atom. The Bertz CT molecular complexity index is 871. The Kier molecular flexibility index (Phi) is 4.51. The third-order valence-corrected chi connectivity index (χ3v) is 5.44. The highest BCUT2D eigenvalue weighted by Crippen LogP contribution is 2.42. The van der Waals surface area contributed by atoms with Gasteiger partial charge in [-0.15, -0.1) is 0 Å². The van der Waals surface area contributed by atoms with Crippen molar-refractivity contribution in [3.63, 3.8) is 0 Å². The second kappa shape index (κ2) is 6.45. The van der Waals surface area contributed by atoms with Crippen molar-refractivity contribution in [2.45, 2.75) is 17.7 Å². The topological polar surface area (TPSA) is 67.3 Å². The lowest BCUT2D eigenvalue weighted by Crippen LogP contribution is -2.00. The van der Waals surface area contributed by atoms with E-state index in [2.05, 4.69) is 4.98 Å². The number of sulfone groups is 1. The van der Waals surface area contributed by atoms with Crippen LogP contribution in [0.5, 0.6) is 0 Å². The van der Waals surface area contributed by atoms with Gasteiger partial charge in [0.05, 0.1) is 4.90 Å². The number of benzene rings is 1. The van der Waals surface area contributed by atoms with E-state index in [-0.39, 0.29) is 17.4 Å². The molecular weight excluding hydrogens is 329 g/mol. The van der Waals surface area contributed by atoms with E-state index in [0.717, 1.165) is 22.3 Å². The van der Waals surface area contributed by atoms with Gasteiger partial charge in [0, 0.05) is 19.1 Å². The molecule has 1 heterocycles. The summed E-state index contributed by atoms with van der Waals surface area (Å²) in [6.45, 7) is 0.0725. The van der Waals surface area contributed by atoms with Gasteiger partial charge in [0.25, 0.3) is 0 Å². The Labute approximate surface area is 140 Å². The van der Waals surface area contributed by atoms with Crippen molar-refractivity contribution in [1.82, 2.24) is 4.98 Å². The summed E-state index contributed by atoms with van der Waals surface area (Å²) in [7, 11) is -3.24. The van der Waals surface area contributed by atoms with Gasteiger partial charge < -0.3 is 5.11 Å². The Hall–Kier alpha value is -2.05. The molecule has 1 aromatic carbocycles. The maximum absolute atomic E-state index is 13.1. The molecule has 0 radical (unpaired) electrons. The molecule has 1 aromatic heterocycles. The first-order valence-corrected chi connectivity index (χ1v) is 9.53. The summed E-state index contributed by atoms with van der Waals surface area (Å²) in [4.78, 5) is 3.98. The molecule has 1 aliphatic carbocycles. The molecule has 0 fully saturated rings. The maximum atomic E-state index is 13.1. The SMILES string of the molecule is CS(=O)(=O)c1ccc(C2=C(c3ccc(F)nc3)CC(CO)C2)cc1. The van der Waals surface area contributed by atoms with Crippen molar-refractivity contribution >= 4 is 21.0 Å². The molecule has 126 valence electrons. The highest BCUT2D eigenvalue weighted by Gasteiger charge is 2.26. The molecule has 1 aliphatic rings. The van der Waals surface area contributed by atoms with E-state index in [1.165, 1.54) is 18.5 Å². The maximum Gasteiger partial charge on any atom is 0.212 e. The van der Waals surface area contributed by atoms with Gasteiger partial charge in [0.15, 0.2) is 9.84 Å². The van der Waals surface area contributed by atoms with Crippen LogP contribution in [0.15, 0.2) is 47.5 Å². The lowest BCUT2D eigenvalue weighted by Gasteiger charge is -2.09. The predicted octanol–water partition coefficient (Wildman–Crippen LogP) is 2.94. The lowest BCUT2D eigenvalue weighted by atomic mass is 9.98. The van der Waals surface area contributed by atoms with E-state index in [4.69, 9.17) is 0 Å². The van der Waals surface area contributed by atoms with Crippen molar-refractivity contribution in [2.75, 3.05) is 12.9 Å². The molecule has 4 nitrogen and oxygen atoms in total. The number of aromatic nitrogens is 1. The first kappa shape index (κ1) is 16.8. The normalized spacial score (nSPS) is 18.2. The molecule has 1 N–H and O–H groups in total. The van der Waals surface area contributed by atoms with E-state index in [0.29, 0.717) is 12.8 Å². The monoisotopic (exact) mass is 347 g/mol. The summed E-state index contributed by atoms with van der Waals surface area (Å²) < 4.78 is 36.3. The Balaban J connectivity index is 2.04. The highest BCUT2D eigenvalue weighted by molar-refractivity contribution is 7.90. The average Bonchev–Trinajstić information content (AvgIpc) is 2.99. The second-order valence-electron chi connectivity index (χ2n) is 6.08. The third-order valence-electron chi connectivity index (χ3n) is 4.31. The number of hydrogen-bond donors (Lipinski definition) is 1. The molecule has 0 saturated heterocycles. The van der Waals surface area contributed by atoms with Crippen molar-refractivity contribution in [2.24, 2.45) is 5.92 Å². The molecule has 0 aliphatic heterocycles. The van der Waals surface area contributed by atoms with Gasteiger partial charge in [0.1, 0.15) is 0 Å². The minimum absolute atomic E-state index is 0.0725. The van der Waals surface area contributed by atoms with Gasteiger partial charge in [-0.25, -0.2) is 13.4 Å². The van der Waals surface area contributed by atoms with Crippen molar-refractivity contribution in [1.29, 1.82) is 0 Å². The molecule has 1 atom stereocenters. The molecule has 2 aromatic rings. The number of hydrogen-bond acceptors (Lipinski definition) is 4.